The van der Waals surface area contributed by atoms with Crippen LogP contribution >= 0.6 is 0 Å². The Labute approximate surface area is 170 Å². The van der Waals surface area contributed by atoms with E-state index in [0.29, 0.717) is 23.7 Å². The zero-order valence-electron chi connectivity index (χ0n) is 16.8. The number of ether oxygens (including phenoxy) is 2. The molecule has 0 fully saturated rings. The van der Waals surface area contributed by atoms with E-state index in [1.807, 2.05) is 61.5 Å². The summed E-state index contributed by atoms with van der Waals surface area (Å²) in [5.41, 5.74) is 3.30. The van der Waals surface area contributed by atoms with Crippen LogP contribution in [0.5, 0.6) is 11.5 Å². The highest BCUT2D eigenvalue weighted by molar-refractivity contribution is 5.92. The highest BCUT2D eigenvalue weighted by Crippen LogP contribution is 2.27. The van der Waals surface area contributed by atoms with Gasteiger partial charge < -0.3 is 20.1 Å². The first-order valence-electron chi connectivity index (χ1n) is 9.37. The largest absolute Gasteiger partial charge is 0.493 e. The van der Waals surface area contributed by atoms with Crippen LogP contribution in [0.1, 0.15) is 34.6 Å². The van der Waals surface area contributed by atoms with Crippen molar-refractivity contribution in [3.8, 4) is 11.5 Å². The predicted octanol–water partition coefficient (Wildman–Crippen LogP) is 4.20. The topological polar surface area (TPSA) is 72.5 Å². The van der Waals surface area contributed by atoms with Crippen molar-refractivity contribution >= 4 is 11.6 Å². The first kappa shape index (κ1) is 20.2. The van der Waals surface area contributed by atoms with E-state index in [2.05, 4.69) is 15.6 Å². The zero-order chi connectivity index (χ0) is 20.6. The number of hydrogen-bond acceptors (Lipinski definition) is 5. The lowest BCUT2D eigenvalue weighted by Crippen LogP contribution is -2.27. The Balaban J connectivity index is 1.58. The van der Waals surface area contributed by atoms with Crippen LogP contribution in [-0.4, -0.2) is 25.1 Å². The molecule has 1 amide bonds. The van der Waals surface area contributed by atoms with Gasteiger partial charge in [0.1, 0.15) is 5.69 Å². The Morgan fingerprint density at radius 1 is 1.00 bits per heavy atom. The minimum Gasteiger partial charge on any atom is -0.493 e. The smallest absolute Gasteiger partial charge is 0.270 e. The Morgan fingerprint density at radius 3 is 2.41 bits per heavy atom. The Morgan fingerprint density at radius 2 is 1.76 bits per heavy atom. The Bertz CT molecular complexity index is 943. The molecule has 1 heterocycles. The molecule has 2 N–H and O–H groups in total. The summed E-state index contributed by atoms with van der Waals surface area (Å²) in [7, 11) is 3.22. The minimum atomic E-state index is -0.201. The maximum atomic E-state index is 12.4. The summed E-state index contributed by atoms with van der Waals surface area (Å²) in [6.45, 7) is 2.55. The van der Waals surface area contributed by atoms with E-state index in [1.54, 1.807) is 26.5 Å². The molecule has 150 valence electrons. The van der Waals surface area contributed by atoms with E-state index in [-0.39, 0.29) is 11.9 Å². The van der Waals surface area contributed by atoms with Crippen LogP contribution in [0.15, 0.2) is 66.9 Å². The predicted molar refractivity (Wildman–Crippen MR) is 113 cm³/mol. The van der Waals surface area contributed by atoms with Crippen LogP contribution in [0.2, 0.25) is 0 Å². The molecule has 0 aliphatic heterocycles. The molecule has 1 atom stereocenters. The lowest BCUT2D eigenvalue weighted by Gasteiger charge is -2.14. The number of benzene rings is 2. The highest BCUT2D eigenvalue weighted by Gasteiger charge is 2.12. The standard InChI is InChI=1S/C23H25N3O3/c1-16(18-7-5-4-6-8-18)26-23(27)20-11-10-19(15-25-20)24-14-17-9-12-21(28-2)22(13-17)29-3/h4-13,15-16,24H,14H2,1-3H3,(H,26,27). The molecule has 0 saturated carbocycles. The number of carbonyl (C=O) groups excluding carboxylic acids is 1. The van der Waals surface area contributed by atoms with Crippen molar-refractivity contribution in [2.75, 3.05) is 19.5 Å². The second kappa shape index (κ2) is 9.59. The van der Waals surface area contributed by atoms with Crippen molar-refractivity contribution in [3.63, 3.8) is 0 Å². The number of hydrogen-bond donors (Lipinski definition) is 2. The van der Waals surface area contributed by atoms with Gasteiger partial charge in [0.25, 0.3) is 5.91 Å². The molecule has 1 unspecified atom stereocenters. The maximum Gasteiger partial charge on any atom is 0.270 e. The molecular formula is C23H25N3O3. The van der Waals surface area contributed by atoms with Gasteiger partial charge in [-0.05, 0) is 42.3 Å². The van der Waals surface area contributed by atoms with Crippen molar-refractivity contribution in [3.05, 3.63) is 83.7 Å². The van der Waals surface area contributed by atoms with Crippen LogP contribution in [0.4, 0.5) is 5.69 Å². The molecule has 3 rings (SSSR count). The van der Waals surface area contributed by atoms with Crippen LogP contribution in [0, 0.1) is 0 Å². The summed E-state index contributed by atoms with van der Waals surface area (Å²) in [5, 5.41) is 6.26. The number of methoxy groups -OCH3 is 2. The van der Waals surface area contributed by atoms with Crippen molar-refractivity contribution in [1.29, 1.82) is 0 Å². The molecule has 6 heteroatoms. The second-order valence-electron chi connectivity index (χ2n) is 6.58. The third kappa shape index (κ3) is 5.25. The number of aromatic nitrogens is 1. The number of nitrogens with one attached hydrogen (secondary N) is 2. The zero-order valence-corrected chi connectivity index (χ0v) is 16.8. The van der Waals surface area contributed by atoms with Gasteiger partial charge >= 0.3 is 0 Å². The summed E-state index contributed by atoms with van der Waals surface area (Å²) < 4.78 is 10.6. The third-order valence-electron chi connectivity index (χ3n) is 4.59. The van der Waals surface area contributed by atoms with Gasteiger partial charge in [0.15, 0.2) is 11.5 Å². The molecule has 29 heavy (non-hydrogen) atoms. The number of amides is 1. The average molecular weight is 391 g/mol. The number of nitrogens with zero attached hydrogens (tertiary/aromatic N) is 1. The van der Waals surface area contributed by atoms with Gasteiger partial charge in [-0.25, -0.2) is 4.98 Å². The Hall–Kier alpha value is -3.54. The maximum absolute atomic E-state index is 12.4. The Kier molecular flexibility index (Phi) is 6.68. The molecule has 2 aromatic carbocycles. The van der Waals surface area contributed by atoms with Crippen LogP contribution in [0.3, 0.4) is 0 Å². The SMILES string of the molecule is COc1ccc(CNc2ccc(C(=O)NC(C)c3ccccc3)nc2)cc1OC. The number of rotatable bonds is 8. The quantitative estimate of drug-likeness (QED) is 0.602. The van der Waals surface area contributed by atoms with E-state index < -0.39 is 0 Å². The monoisotopic (exact) mass is 391 g/mol. The molecule has 6 nitrogen and oxygen atoms in total. The number of pyridine rings is 1. The van der Waals surface area contributed by atoms with E-state index in [1.165, 1.54) is 0 Å². The summed E-state index contributed by atoms with van der Waals surface area (Å²) in [6.07, 6.45) is 1.66. The van der Waals surface area contributed by atoms with Gasteiger partial charge in [-0.15, -0.1) is 0 Å². The summed E-state index contributed by atoms with van der Waals surface area (Å²) >= 11 is 0. The van der Waals surface area contributed by atoms with Gasteiger partial charge in [-0.1, -0.05) is 36.4 Å². The normalized spacial score (nSPS) is 11.4. The van der Waals surface area contributed by atoms with Gasteiger partial charge in [0, 0.05) is 6.54 Å². The fourth-order valence-corrected chi connectivity index (χ4v) is 2.92. The highest BCUT2D eigenvalue weighted by atomic mass is 16.5. The van der Waals surface area contributed by atoms with Crippen LogP contribution < -0.4 is 20.1 Å². The van der Waals surface area contributed by atoms with Gasteiger partial charge in [-0.2, -0.15) is 0 Å². The van der Waals surface area contributed by atoms with E-state index >= 15 is 0 Å². The van der Waals surface area contributed by atoms with Crippen LogP contribution in [-0.2, 0) is 6.54 Å². The summed E-state index contributed by atoms with van der Waals surface area (Å²) in [6, 6.07) is 19.1. The van der Waals surface area contributed by atoms with Crippen molar-refractivity contribution < 1.29 is 14.3 Å². The summed E-state index contributed by atoms with van der Waals surface area (Å²) in [4.78, 5) is 16.7. The lowest BCUT2D eigenvalue weighted by molar-refractivity contribution is 0.0935. The average Bonchev–Trinajstić information content (AvgIpc) is 2.78. The summed E-state index contributed by atoms with van der Waals surface area (Å²) in [5.74, 6) is 1.18. The molecule has 0 aliphatic rings. The number of carbonyl (C=O) groups is 1. The molecule has 1 aromatic heterocycles. The minimum absolute atomic E-state index is 0.0895. The van der Waals surface area contributed by atoms with E-state index in [4.69, 9.17) is 9.47 Å². The van der Waals surface area contributed by atoms with E-state index in [0.717, 1.165) is 16.8 Å². The van der Waals surface area contributed by atoms with Crippen LogP contribution in [0.25, 0.3) is 0 Å². The van der Waals surface area contributed by atoms with Gasteiger partial charge in [0.05, 0.1) is 32.1 Å². The van der Waals surface area contributed by atoms with Gasteiger partial charge in [0.2, 0.25) is 0 Å². The molecule has 3 aromatic rings. The first-order chi connectivity index (χ1) is 14.1. The molecular weight excluding hydrogens is 366 g/mol. The fourth-order valence-electron chi connectivity index (χ4n) is 2.92. The van der Waals surface area contributed by atoms with Gasteiger partial charge in [-0.3, -0.25) is 4.79 Å². The number of anilines is 1. The molecule has 0 bridgehead atoms. The molecule has 0 radical (unpaired) electrons. The molecule has 0 saturated heterocycles. The molecule has 0 aliphatic carbocycles. The van der Waals surface area contributed by atoms with Crippen molar-refractivity contribution in [2.45, 2.75) is 19.5 Å². The second-order valence-corrected chi connectivity index (χ2v) is 6.58. The molecule has 0 spiro atoms. The lowest BCUT2D eigenvalue weighted by atomic mass is 10.1. The first-order valence-corrected chi connectivity index (χ1v) is 9.37. The van der Waals surface area contributed by atoms with Crippen molar-refractivity contribution in [2.24, 2.45) is 0 Å². The fraction of sp³-hybridized carbons (Fsp3) is 0.217. The van der Waals surface area contributed by atoms with Crippen molar-refractivity contribution in [1.82, 2.24) is 10.3 Å². The van der Waals surface area contributed by atoms with E-state index in [9.17, 15) is 4.79 Å². The third-order valence-corrected chi connectivity index (χ3v) is 4.59.